The van der Waals surface area contributed by atoms with Gasteiger partial charge in [0.15, 0.2) is 0 Å². The van der Waals surface area contributed by atoms with Crippen LogP contribution in [0.3, 0.4) is 0 Å². The van der Waals surface area contributed by atoms with Crippen molar-refractivity contribution in [2.45, 2.75) is 27.6 Å². The normalized spacial score (nSPS) is 12.0. The molecule has 0 saturated heterocycles. The largest absolute Gasteiger partial charge is 0.507 e. The number of para-hydroxylation sites is 1. The maximum absolute atomic E-state index is 11.9. The molecule has 0 unspecified atom stereocenters. The summed E-state index contributed by atoms with van der Waals surface area (Å²) in [7, 11) is 0. The molecule has 0 amide bonds. The smallest absolute Gasteiger partial charge is 0.148 e. The molecule has 10 aromatic rings. The Kier molecular flexibility index (Phi) is 10.3. The second-order valence-corrected chi connectivity index (χ2v) is 15.9. The molecule has 10 rings (SSSR count). The molecule has 0 aliphatic heterocycles. The predicted octanol–water partition coefficient (Wildman–Crippen LogP) is 14.8. The van der Waals surface area contributed by atoms with E-state index in [1.165, 1.54) is 5.56 Å². The minimum Gasteiger partial charge on any atom is -0.507 e. The minimum atomic E-state index is -2.42. The van der Waals surface area contributed by atoms with Crippen LogP contribution in [0.25, 0.3) is 95.0 Å². The van der Waals surface area contributed by atoms with Gasteiger partial charge < -0.3 is 5.11 Å². The number of nitrogens with zero attached hydrogens (tertiary/aromatic N) is 3. The summed E-state index contributed by atoms with van der Waals surface area (Å²) in [6.45, 7) is 3.57. The fraction of sp³-hybridized carbons (Fsp3) is 0.0690. The van der Waals surface area contributed by atoms with Crippen molar-refractivity contribution in [3.05, 3.63) is 217 Å². The average Bonchev–Trinajstić information content (AvgIpc) is 3.72. The predicted molar refractivity (Wildman–Crippen MR) is 256 cm³/mol. The van der Waals surface area contributed by atoms with Crippen LogP contribution in [-0.4, -0.2) is 19.6 Å². The van der Waals surface area contributed by atoms with E-state index in [4.69, 9.17) is 14.1 Å². The second-order valence-electron chi connectivity index (χ2n) is 15.9. The van der Waals surface area contributed by atoms with E-state index in [2.05, 4.69) is 78.2 Å². The molecule has 1 N–H and O–H groups in total. The molecule has 308 valence electrons. The Morgan fingerprint density at radius 2 is 1.16 bits per heavy atom. The van der Waals surface area contributed by atoms with Crippen LogP contribution >= 0.6 is 0 Å². The Labute approximate surface area is 387 Å². The van der Waals surface area contributed by atoms with Gasteiger partial charge in [0.2, 0.25) is 0 Å². The number of phenolic OH excluding ortho intramolecular Hbond substituents is 1. The SMILES string of the molecule is [2H]C([2H])([2H])c1cc(-c2ccccc2)c(-n2c(-c3cc(C)cc(C)c3O)nc3c(-c4[c-]c(-c5cc(-c6ccc(C)cc6)ccn5)cc(-c5ccccc5)c4)cccc32)cc1-c1ccccc1.[Pt]. The molecule has 2 heterocycles. The molecule has 8 aromatic carbocycles. The van der Waals surface area contributed by atoms with Gasteiger partial charge in [-0.2, -0.15) is 0 Å². The van der Waals surface area contributed by atoms with E-state index in [0.717, 1.165) is 78.1 Å². The third-order valence-electron chi connectivity index (χ3n) is 11.6. The van der Waals surface area contributed by atoms with Crippen molar-refractivity contribution in [1.29, 1.82) is 0 Å². The van der Waals surface area contributed by atoms with Gasteiger partial charge in [0.1, 0.15) is 11.6 Å². The zero-order chi connectivity index (χ0) is 44.8. The van der Waals surface area contributed by atoms with Gasteiger partial charge in [-0.1, -0.05) is 162 Å². The number of aryl methyl sites for hydroxylation is 4. The molecule has 63 heavy (non-hydrogen) atoms. The van der Waals surface area contributed by atoms with E-state index in [1.54, 1.807) is 0 Å². The van der Waals surface area contributed by atoms with Gasteiger partial charge in [0, 0.05) is 42.6 Å². The Morgan fingerprint density at radius 3 is 1.86 bits per heavy atom. The molecule has 0 spiro atoms. The Morgan fingerprint density at radius 1 is 0.508 bits per heavy atom. The van der Waals surface area contributed by atoms with Gasteiger partial charge >= 0.3 is 0 Å². The zero-order valence-electron chi connectivity index (χ0n) is 38.0. The molecule has 0 saturated carbocycles. The van der Waals surface area contributed by atoms with Crippen LogP contribution in [0.2, 0.25) is 0 Å². The van der Waals surface area contributed by atoms with E-state index in [1.807, 2.05) is 141 Å². The standard InChI is InChI=1S/C58H44N3O.Pt/c1-37-23-25-42(26-24-37)45-27-28-59-53(35-45)48-33-46(41-15-8-5-9-16-41)32-47(34-48)49-21-14-22-54-56(49)60-58(52-30-38(2)29-40(4)57(52)62)61(54)55-36-50(43-17-10-6-11-18-43)39(3)31-51(55)44-19-12-7-13-20-44;/h5-33,35-36,62H,1-4H3;/q-1;/i3D3;. The van der Waals surface area contributed by atoms with E-state index < -0.39 is 6.85 Å². The fourth-order valence-corrected chi connectivity index (χ4v) is 8.50. The van der Waals surface area contributed by atoms with Crippen molar-refractivity contribution in [3.8, 4) is 89.7 Å². The van der Waals surface area contributed by atoms with E-state index in [-0.39, 0.29) is 32.4 Å². The summed E-state index contributed by atoms with van der Waals surface area (Å²) >= 11 is 0. The second kappa shape index (κ2) is 17.3. The molecule has 5 heteroatoms. The molecule has 0 radical (unpaired) electrons. The minimum absolute atomic E-state index is 0. The summed E-state index contributed by atoms with van der Waals surface area (Å²) in [4.78, 5) is 10.4. The number of benzene rings is 8. The van der Waals surface area contributed by atoms with Crippen molar-refractivity contribution < 1.29 is 30.3 Å². The van der Waals surface area contributed by atoms with Crippen molar-refractivity contribution in [2.75, 3.05) is 0 Å². The zero-order valence-corrected chi connectivity index (χ0v) is 37.3. The topological polar surface area (TPSA) is 50.9 Å². The summed E-state index contributed by atoms with van der Waals surface area (Å²) in [5, 5.41) is 11.9. The monoisotopic (exact) mass is 996 g/mol. The van der Waals surface area contributed by atoms with E-state index in [0.29, 0.717) is 28.0 Å². The number of hydrogen-bond acceptors (Lipinski definition) is 3. The molecule has 0 aliphatic rings. The molecule has 4 nitrogen and oxygen atoms in total. The van der Waals surface area contributed by atoms with Gasteiger partial charge in [-0.3, -0.25) is 9.55 Å². The maximum atomic E-state index is 11.9. The van der Waals surface area contributed by atoms with Crippen molar-refractivity contribution in [1.82, 2.24) is 14.5 Å². The van der Waals surface area contributed by atoms with Gasteiger partial charge in [-0.05, 0) is 108 Å². The first-order chi connectivity index (χ1) is 31.5. The van der Waals surface area contributed by atoms with Gasteiger partial charge in [0.25, 0.3) is 0 Å². The van der Waals surface area contributed by atoms with Crippen LogP contribution < -0.4 is 0 Å². The summed E-state index contributed by atoms with van der Waals surface area (Å²) in [5.41, 5.74) is 16.3. The Bertz CT molecular complexity index is 3390. The first-order valence-corrected chi connectivity index (χ1v) is 20.8. The molecule has 0 fully saturated rings. The van der Waals surface area contributed by atoms with Gasteiger partial charge in [0.05, 0.1) is 22.3 Å². The summed E-state index contributed by atoms with van der Waals surface area (Å²) < 4.78 is 28.4. The van der Waals surface area contributed by atoms with E-state index in [9.17, 15) is 5.11 Å². The number of fused-ring (bicyclic) bond motifs is 1. The van der Waals surface area contributed by atoms with Crippen LogP contribution in [0, 0.1) is 33.7 Å². The third-order valence-corrected chi connectivity index (χ3v) is 11.6. The number of hydrogen-bond donors (Lipinski definition) is 1. The molecule has 0 aliphatic carbocycles. The fourth-order valence-electron chi connectivity index (χ4n) is 8.50. The van der Waals surface area contributed by atoms with Gasteiger partial charge in [-0.25, -0.2) is 4.98 Å². The number of phenols is 1. The Hall–Kier alpha value is -7.13. The van der Waals surface area contributed by atoms with Crippen molar-refractivity contribution in [2.24, 2.45) is 0 Å². The first-order valence-electron chi connectivity index (χ1n) is 22.3. The van der Waals surface area contributed by atoms with E-state index >= 15 is 0 Å². The van der Waals surface area contributed by atoms with Crippen molar-refractivity contribution in [3.63, 3.8) is 0 Å². The molecule has 2 aromatic heterocycles. The quantitative estimate of drug-likeness (QED) is 0.154. The summed E-state index contributed by atoms with van der Waals surface area (Å²) in [6.07, 6.45) is 1.85. The van der Waals surface area contributed by atoms with Crippen LogP contribution in [0.5, 0.6) is 5.75 Å². The first kappa shape index (κ1) is 37.6. The number of rotatable bonds is 8. The summed E-state index contributed by atoms with van der Waals surface area (Å²) in [5.74, 6) is 0.637. The third kappa shape index (κ3) is 7.95. The number of aromatic hydroxyl groups is 1. The van der Waals surface area contributed by atoms with Crippen LogP contribution in [0.4, 0.5) is 0 Å². The average molecular weight is 997 g/mol. The van der Waals surface area contributed by atoms with Crippen molar-refractivity contribution >= 4 is 11.0 Å². The summed E-state index contributed by atoms with van der Waals surface area (Å²) in [6, 6.07) is 64.4. The van der Waals surface area contributed by atoms with Crippen LogP contribution in [0.1, 0.15) is 26.4 Å². The molecule has 0 atom stereocenters. The number of imidazole rings is 1. The molecular weight excluding hydrogens is 950 g/mol. The Balaban J connectivity index is 0.00000548. The molecule has 0 bridgehead atoms. The number of aromatic nitrogens is 3. The number of pyridine rings is 1. The van der Waals surface area contributed by atoms with Crippen LogP contribution in [-0.2, 0) is 21.1 Å². The van der Waals surface area contributed by atoms with Crippen LogP contribution in [0.15, 0.2) is 188 Å². The van der Waals surface area contributed by atoms with Gasteiger partial charge in [-0.15, -0.1) is 23.8 Å². The maximum Gasteiger partial charge on any atom is 0.148 e. The molecular formula is C58H44N3OPt-.